The van der Waals surface area contributed by atoms with Gasteiger partial charge in [-0.25, -0.2) is 0 Å². The van der Waals surface area contributed by atoms with Gasteiger partial charge in [0, 0.05) is 19.3 Å². The minimum absolute atomic E-state index is 0.0756. The Labute approximate surface area is 492 Å². The SMILES string of the molecule is CC/C=C\C/C=C\C/C=C\C/C=C\CCCCCCC(=O)OCC(COC(=O)CCCCCCCCCCCCCCCCCCCCCCCCCCC)OC(=O)CCCCCCCCCCCCCCCCCCCCC. The van der Waals surface area contributed by atoms with Crippen molar-refractivity contribution >= 4 is 17.9 Å². The number of rotatable bonds is 65. The molecule has 0 aromatic rings. The Balaban J connectivity index is 4.29. The largest absolute Gasteiger partial charge is 0.462 e. The van der Waals surface area contributed by atoms with Crippen molar-refractivity contribution in [2.75, 3.05) is 13.2 Å². The minimum Gasteiger partial charge on any atom is -0.462 e. The zero-order valence-corrected chi connectivity index (χ0v) is 53.2. The average Bonchev–Trinajstić information content (AvgIpc) is 3.45. The number of hydrogen-bond acceptors (Lipinski definition) is 6. The Hall–Kier alpha value is -2.63. The van der Waals surface area contributed by atoms with Crippen molar-refractivity contribution in [3.8, 4) is 0 Å². The van der Waals surface area contributed by atoms with Gasteiger partial charge in [-0.2, -0.15) is 0 Å². The van der Waals surface area contributed by atoms with E-state index >= 15 is 0 Å². The molecule has 0 aliphatic heterocycles. The van der Waals surface area contributed by atoms with Gasteiger partial charge in [-0.05, 0) is 57.8 Å². The summed E-state index contributed by atoms with van der Waals surface area (Å²) in [5.41, 5.74) is 0. The Kier molecular flexibility index (Phi) is 65.6. The molecular weight excluding hydrogens is 973 g/mol. The summed E-state index contributed by atoms with van der Waals surface area (Å²) in [6.45, 7) is 6.58. The van der Waals surface area contributed by atoms with Gasteiger partial charge in [-0.1, -0.05) is 352 Å². The van der Waals surface area contributed by atoms with Crippen LogP contribution in [0.15, 0.2) is 48.6 Å². The molecule has 0 aliphatic rings. The van der Waals surface area contributed by atoms with Crippen LogP contribution in [0.2, 0.25) is 0 Å². The van der Waals surface area contributed by atoms with Gasteiger partial charge < -0.3 is 14.2 Å². The number of unbranched alkanes of at least 4 members (excludes halogenated alkanes) is 46. The third-order valence-corrected chi connectivity index (χ3v) is 15.8. The highest BCUT2D eigenvalue weighted by Crippen LogP contribution is 2.19. The van der Waals surface area contributed by atoms with E-state index in [9.17, 15) is 14.4 Å². The first-order valence-corrected chi connectivity index (χ1v) is 35.1. The van der Waals surface area contributed by atoms with E-state index in [1.165, 1.54) is 244 Å². The van der Waals surface area contributed by atoms with Crippen LogP contribution in [0.4, 0.5) is 0 Å². The summed E-state index contributed by atoms with van der Waals surface area (Å²) in [7, 11) is 0. The molecule has 0 rings (SSSR count). The second-order valence-electron chi connectivity index (χ2n) is 23.8. The molecule has 79 heavy (non-hydrogen) atoms. The van der Waals surface area contributed by atoms with Crippen LogP contribution in [0.5, 0.6) is 0 Å². The van der Waals surface area contributed by atoms with E-state index in [1.807, 2.05) is 0 Å². The van der Waals surface area contributed by atoms with E-state index in [0.717, 1.165) is 96.3 Å². The molecular formula is C73H134O6. The third kappa shape index (κ3) is 66.1. The van der Waals surface area contributed by atoms with Crippen molar-refractivity contribution in [3.05, 3.63) is 48.6 Å². The fourth-order valence-electron chi connectivity index (χ4n) is 10.6. The highest BCUT2D eigenvalue weighted by Gasteiger charge is 2.19. The van der Waals surface area contributed by atoms with Crippen molar-refractivity contribution < 1.29 is 28.6 Å². The Morgan fingerprint density at radius 2 is 0.494 bits per heavy atom. The van der Waals surface area contributed by atoms with Crippen LogP contribution in [-0.4, -0.2) is 37.2 Å². The number of carbonyl (C=O) groups excluding carboxylic acids is 3. The maximum Gasteiger partial charge on any atom is 0.306 e. The lowest BCUT2D eigenvalue weighted by atomic mass is 10.0. The normalized spacial score (nSPS) is 12.3. The molecule has 0 aromatic heterocycles. The van der Waals surface area contributed by atoms with Crippen LogP contribution in [0.1, 0.15) is 380 Å². The van der Waals surface area contributed by atoms with Crippen LogP contribution in [0.3, 0.4) is 0 Å². The van der Waals surface area contributed by atoms with Gasteiger partial charge in [-0.3, -0.25) is 14.4 Å². The molecule has 0 aromatic carbocycles. The molecule has 0 bridgehead atoms. The first-order chi connectivity index (χ1) is 39.0. The second kappa shape index (κ2) is 67.9. The summed E-state index contributed by atoms with van der Waals surface area (Å²) in [6, 6.07) is 0. The van der Waals surface area contributed by atoms with Gasteiger partial charge in [0.05, 0.1) is 0 Å². The van der Waals surface area contributed by atoms with E-state index in [-0.39, 0.29) is 31.1 Å². The molecule has 0 radical (unpaired) electrons. The predicted molar refractivity (Wildman–Crippen MR) is 344 cm³/mol. The summed E-state index contributed by atoms with van der Waals surface area (Å²) in [6.07, 6.45) is 85.7. The molecule has 0 N–H and O–H groups in total. The summed E-state index contributed by atoms with van der Waals surface area (Å²) in [5.74, 6) is -0.872. The monoisotopic (exact) mass is 1110 g/mol. The molecule has 462 valence electrons. The molecule has 0 fully saturated rings. The molecule has 0 heterocycles. The topological polar surface area (TPSA) is 78.9 Å². The van der Waals surface area contributed by atoms with Crippen molar-refractivity contribution in [3.63, 3.8) is 0 Å². The summed E-state index contributed by atoms with van der Waals surface area (Å²) in [4.78, 5) is 38.4. The number of ether oxygens (including phenoxy) is 3. The first-order valence-electron chi connectivity index (χ1n) is 35.1. The van der Waals surface area contributed by atoms with Gasteiger partial charge in [0.25, 0.3) is 0 Å². The lowest BCUT2D eigenvalue weighted by Gasteiger charge is -2.18. The van der Waals surface area contributed by atoms with E-state index in [2.05, 4.69) is 69.4 Å². The smallest absolute Gasteiger partial charge is 0.306 e. The highest BCUT2D eigenvalue weighted by atomic mass is 16.6. The maximum atomic E-state index is 12.9. The molecule has 0 saturated heterocycles. The lowest BCUT2D eigenvalue weighted by Crippen LogP contribution is -2.30. The highest BCUT2D eigenvalue weighted by molar-refractivity contribution is 5.71. The predicted octanol–water partition coefficient (Wildman–Crippen LogP) is 24.1. The number of allylic oxidation sites excluding steroid dienone is 8. The van der Waals surface area contributed by atoms with E-state index in [0.29, 0.717) is 19.3 Å². The van der Waals surface area contributed by atoms with E-state index < -0.39 is 6.10 Å². The molecule has 6 heteroatoms. The fourth-order valence-corrected chi connectivity index (χ4v) is 10.6. The molecule has 0 amide bonds. The Morgan fingerprint density at radius 3 is 0.772 bits per heavy atom. The fraction of sp³-hybridized carbons (Fsp3) is 0.849. The third-order valence-electron chi connectivity index (χ3n) is 15.8. The molecule has 1 atom stereocenters. The summed E-state index contributed by atoms with van der Waals surface area (Å²) < 4.78 is 17.0. The van der Waals surface area contributed by atoms with Crippen LogP contribution in [0.25, 0.3) is 0 Å². The van der Waals surface area contributed by atoms with Crippen LogP contribution in [-0.2, 0) is 28.6 Å². The number of esters is 3. The molecule has 0 saturated carbocycles. The van der Waals surface area contributed by atoms with Crippen LogP contribution < -0.4 is 0 Å². The van der Waals surface area contributed by atoms with Crippen molar-refractivity contribution in [1.82, 2.24) is 0 Å². The standard InChI is InChI=1S/C73H134O6/c1-4-7-10-13-16-19-22-25-28-31-33-34-35-36-37-38-40-42-45-48-51-54-57-60-63-66-72(75)78-69-70(68-77-71(74)65-62-59-56-53-50-47-44-41-30-27-24-21-18-15-12-9-6-3)79-73(76)67-64-61-58-55-52-49-46-43-39-32-29-26-23-20-17-14-11-8-5-2/h9,12,18,21,27,30,44,47,70H,4-8,10-11,13-17,19-20,22-26,28-29,31-43,45-46,48-69H2,1-3H3/b12-9-,21-18-,30-27-,47-44-. The van der Waals surface area contributed by atoms with Crippen molar-refractivity contribution in [1.29, 1.82) is 0 Å². The van der Waals surface area contributed by atoms with Crippen molar-refractivity contribution in [2.24, 2.45) is 0 Å². The first kappa shape index (κ1) is 76.4. The van der Waals surface area contributed by atoms with Gasteiger partial charge in [0.2, 0.25) is 0 Å². The quantitative estimate of drug-likeness (QED) is 0.0261. The van der Waals surface area contributed by atoms with Gasteiger partial charge in [-0.15, -0.1) is 0 Å². The van der Waals surface area contributed by atoms with E-state index in [4.69, 9.17) is 14.2 Å². The Morgan fingerprint density at radius 1 is 0.266 bits per heavy atom. The maximum absolute atomic E-state index is 12.9. The van der Waals surface area contributed by atoms with Crippen molar-refractivity contribution in [2.45, 2.75) is 386 Å². The lowest BCUT2D eigenvalue weighted by molar-refractivity contribution is -0.167. The van der Waals surface area contributed by atoms with Crippen LogP contribution in [0, 0.1) is 0 Å². The van der Waals surface area contributed by atoms with Crippen LogP contribution >= 0.6 is 0 Å². The molecule has 0 spiro atoms. The summed E-state index contributed by atoms with van der Waals surface area (Å²) >= 11 is 0. The molecule has 1 unspecified atom stereocenters. The van der Waals surface area contributed by atoms with Gasteiger partial charge >= 0.3 is 17.9 Å². The van der Waals surface area contributed by atoms with Gasteiger partial charge in [0.15, 0.2) is 6.10 Å². The van der Waals surface area contributed by atoms with E-state index in [1.54, 1.807) is 0 Å². The van der Waals surface area contributed by atoms with Gasteiger partial charge in [0.1, 0.15) is 13.2 Å². The minimum atomic E-state index is -0.782. The molecule has 0 aliphatic carbocycles. The zero-order valence-electron chi connectivity index (χ0n) is 53.2. The zero-order chi connectivity index (χ0) is 57.1. The summed E-state index contributed by atoms with van der Waals surface area (Å²) in [5, 5.41) is 0. The average molecular weight is 1110 g/mol. The second-order valence-corrected chi connectivity index (χ2v) is 23.8. The Bertz CT molecular complexity index is 1360. The number of hydrogen-bond donors (Lipinski definition) is 0. The molecule has 6 nitrogen and oxygen atoms in total. The number of carbonyl (C=O) groups is 3.